The summed E-state index contributed by atoms with van der Waals surface area (Å²) >= 11 is 0. The average molecular weight is 406 g/mol. The van der Waals surface area contributed by atoms with E-state index in [1.165, 1.54) is 0 Å². The van der Waals surface area contributed by atoms with Gasteiger partial charge in [-0.1, -0.05) is 6.07 Å². The summed E-state index contributed by atoms with van der Waals surface area (Å²) in [6.07, 6.45) is 3.74. The lowest BCUT2D eigenvalue weighted by Crippen LogP contribution is -2.38. The lowest BCUT2D eigenvalue weighted by Gasteiger charge is -2.32. The van der Waals surface area contributed by atoms with Crippen LogP contribution in [0.2, 0.25) is 0 Å². The number of hydrogen-bond donors (Lipinski definition) is 0. The molecule has 0 bridgehead atoms. The second-order valence-electron chi connectivity index (χ2n) is 7.56. The van der Waals surface area contributed by atoms with Crippen molar-refractivity contribution < 1.29 is 9.47 Å². The largest absolute Gasteiger partial charge is 0.497 e. The molecule has 1 aliphatic rings. The molecule has 1 aliphatic heterocycles. The van der Waals surface area contributed by atoms with E-state index >= 15 is 0 Å². The van der Waals surface area contributed by atoms with Crippen LogP contribution in [0.1, 0.15) is 17.4 Å². The Balaban J connectivity index is 1.45. The van der Waals surface area contributed by atoms with Crippen LogP contribution in [0, 0.1) is 0 Å². The maximum atomic E-state index is 6.05. The molecule has 1 fully saturated rings. The van der Waals surface area contributed by atoms with E-state index in [9.17, 15) is 0 Å². The Morgan fingerprint density at radius 3 is 2.57 bits per heavy atom. The molecule has 0 aliphatic carbocycles. The van der Waals surface area contributed by atoms with Gasteiger partial charge in [0, 0.05) is 57.3 Å². The predicted octanol–water partition coefficient (Wildman–Crippen LogP) is 3.19. The molecule has 4 rings (SSSR count). The maximum Gasteiger partial charge on any atom is 0.224 e. The van der Waals surface area contributed by atoms with E-state index in [-0.39, 0.29) is 6.10 Å². The molecule has 7 nitrogen and oxygen atoms in total. The molecule has 1 atom stereocenters. The first kappa shape index (κ1) is 20.3. The number of rotatable bonds is 6. The zero-order chi connectivity index (χ0) is 20.9. The second kappa shape index (κ2) is 9.19. The van der Waals surface area contributed by atoms with Crippen LogP contribution in [0.25, 0.3) is 11.3 Å². The van der Waals surface area contributed by atoms with Gasteiger partial charge in [0.2, 0.25) is 5.95 Å². The Bertz CT molecular complexity index is 960. The minimum absolute atomic E-state index is 0.0566. The number of benzene rings is 1. The van der Waals surface area contributed by atoms with Crippen LogP contribution in [0.5, 0.6) is 5.75 Å². The first-order valence-electron chi connectivity index (χ1n) is 10.1. The number of anilines is 1. The molecule has 156 valence electrons. The lowest BCUT2D eigenvalue weighted by molar-refractivity contribution is -0.0349. The number of hydrogen-bond acceptors (Lipinski definition) is 7. The average Bonchev–Trinajstić information content (AvgIpc) is 2.80. The van der Waals surface area contributed by atoms with Gasteiger partial charge in [-0.25, -0.2) is 9.97 Å². The van der Waals surface area contributed by atoms with Gasteiger partial charge in [0.05, 0.1) is 25.1 Å². The van der Waals surface area contributed by atoms with Gasteiger partial charge in [0.25, 0.3) is 0 Å². The number of aromatic nitrogens is 3. The van der Waals surface area contributed by atoms with E-state index in [0.29, 0.717) is 6.61 Å². The Hall–Kier alpha value is -3.03. The molecule has 2 aromatic heterocycles. The van der Waals surface area contributed by atoms with E-state index in [0.717, 1.165) is 53.8 Å². The molecule has 0 unspecified atom stereocenters. The predicted molar refractivity (Wildman–Crippen MR) is 117 cm³/mol. The van der Waals surface area contributed by atoms with Crippen molar-refractivity contribution in [1.29, 1.82) is 0 Å². The molecule has 0 radical (unpaired) electrons. The van der Waals surface area contributed by atoms with Crippen molar-refractivity contribution in [3.8, 4) is 17.0 Å². The van der Waals surface area contributed by atoms with Crippen molar-refractivity contribution in [3.63, 3.8) is 0 Å². The van der Waals surface area contributed by atoms with Crippen molar-refractivity contribution in [2.75, 3.05) is 45.8 Å². The summed E-state index contributed by atoms with van der Waals surface area (Å²) in [4.78, 5) is 18.0. The van der Waals surface area contributed by atoms with Crippen LogP contribution in [-0.2, 0) is 11.3 Å². The van der Waals surface area contributed by atoms with E-state index < -0.39 is 0 Å². The van der Waals surface area contributed by atoms with Crippen LogP contribution >= 0.6 is 0 Å². The Morgan fingerprint density at radius 2 is 1.87 bits per heavy atom. The van der Waals surface area contributed by atoms with Crippen molar-refractivity contribution >= 4 is 5.95 Å². The fourth-order valence-electron chi connectivity index (χ4n) is 3.50. The quantitative estimate of drug-likeness (QED) is 0.624. The van der Waals surface area contributed by atoms with Crippen LogP contribution in [0.3, 0.4) is 0 Å². The first-order valence-corrected chi connectivity index (χ1v) is 10.1. The molecule has 0 spiro atoms. The topological polar surface area (TPSA) is 63.6 Å². The molecule has 1 saturated heterocycles. The van der Waals surface area contributed by atoms with Gasteiger partial charge >= 0.3 is 0 Å². The lowest BCUT2D eigenvalue weighted by atomic mass is 10.1. The van der Waals surface area contributed by atoms with Gasteiger partial charge in [0.1, 0.15) is 11.9 Å². The van der Waals surface area contributed by atoms with E-state index in [2.05, 4.69) is 14.9 Å². The number of morpholine rings is 1. The standard InChI is InChI=1S/C23H27N5O2/c1-27(2)23-24-13-17(14-25-23)15-28-11-12-30-22(16-28)21-6-4-5-20(26-21)18-7-9-19(29-3)10-8-18/h4-10,13-14,22H,11-12,15-16H2,1-3H3/t22-/m0/s1. The normalized spacial score (nSPS) is 17.0. The summed E-state index contributed by atoms with van der Waals surface area (Å²) in [6.45, 7) is 3.14. The van der Waals surface area contributed by atoms with E-state index in [1.807, 2.05) is 73.9 Å². The van der Waals surface area contributed by atoms with Crippen LogP contribution in [0.15, 0.2) is 54.9 Å². The van der Waals surface area contributed by atoms with E-state index in [4.69, 9.17) is 14.5 Å². The SMILES string of the molecule is COc1ccc(-c2cccc([C@@H]3CN(Cc4cnc(N(C)C)nc4)CCO3)n2)cc1. The van der Waals surface area contributed by atoms with Crippen LogP contribution in [0.4, 0.5) is 5.95 Å². The Morgan fingerprint density at radius 1 is 1.10 bits per heavy atom. The van der Waals surface area contributed by atoms with Crippen molar-refractivity contribution in [2.24, 2.45) is 0 Å². The summed E-state index contributed by atoms with van der Waals surface area (Å²) in [5, 5.41) is 0. The molecule has 3 aromatic rings. The monoisotopic (exact) mass is 405 g/mol. The fourth-order valence-corrected chi connectivity index (χ4v) is 3.50. The fraction of sp³-hybridized carbons (Fsp3) is 0.348. The summed E-state index contributed by atoms with van der Waals surface area (Å²) in [5.41, 5.74) is 4.04. The summed E-state index contributed by atoms with van der Waals surface area (Å²) in [6, 6.07) is 14.1. The third-order valence-electron chi connectivity index (χ3n) is 5.13. The molecular weight excluding hydrogens is 378 g/mol. The minimum atomic E-state index is -0.0566. The zero-order valence-corrected chi connectivity index (χ0v) is 17.7. The molecule has 3 heterocycles. The first-order chi connectivity index (χ1) is 14.6. The molecule has 7 heteroatoms. The molecule has 1 aromatic carbocycles. The third kappa shape index (κ3) is 4.75. The van der Waals surface area contributed by atoms with Gasteiger partial charge in [-0.15, -0.1) is 0 Å². The second-order valence-corrected chi connectivity index (χ2v) is 7.56. The molecule has 30 heavy (non-hydrogen) atoms. The van der Waals surface area contributed by atoms with Gasteiger partial charge < -0.3 is 14.4 Å². The zero-order valence-electron chi connectivity index (χ0n) is 17.7. The smallest absolute Gasteiger partial charge is 0.224 e. The van der Waals surface area contributed by atoms with Crippen LogP contribution < -0.4 is 9.64 Å². The minimum Gasteiger partial charge on any atom is -0.497 e. The van der Waals surface area contributed by atoms with Gasteiger partial charge in [0.15, 0.2) is 0 Å². The number of ether oxygens (including phenoxy) is 2. The summed E-state index contributed by atoms with van der Waals surface area (Å²) < 4.78 is 11.3. The third-order valence-corrected chi connectivity index (χ3v) is 5.13. The molecule has 0 N–H and O–H groups in total. The van der Waals surface area contributed by atoms with Crippen molar-refractivity contribution in [3.05, 3.63) is 66.1 Å². The highest BCUT2D eigenvalue weighted by Crippen LogP contribution is 2.26. The van der Waals surface area contributed by atoms with E-state index in [1.54, 1.807) is 7.11 Å². The molecule has 0 amide bonds. The van der Waals surface area contributed by atoms with Crippen molar-refractivity contribution in [1.82, 2.24) is 19.9 Å². The Kier molecular flexibility index (Phi) is 6.21. The highest BCUT2D eigenvalue weighted by molar-refractivity contribution is 5.60. The summed E-state index contributed by atoms with van der Waals surface area (Å²) in [7, 11) is 5.55. The highest BCUT2D eigenvalue weighted by Gasteiger charge is 2.23. The van der Waals surface area contributed by atoms with Gasteiger partial charge in [-0.2, -0.15) is 0 Å². The van der Waals surface area contributed by atoms with Crippen LogP contribution in [-0.4, -0.2) is 60.8 Å². The van der Waals surface area contributed by atoms with Crippen molar-refractivity contribution in [2.45, 2.75) is 12.6 Å². The molecule has 0 saturated carbocycles. The highest BCUT2D eigenvalue weighted by atomic mass is 16.5. The number of methoxy groups -OCH3 is 1. The number of pyridine rings is 1. The van der Waals surface area contributed by atoms with Gasteiger partial charge in [-0.3, -0.25) is 9.88 Å². The number of nitrogens with zero attached hydrogens (tertiary/aromatic N) is 5. The molecular formula is C23H27N5O2. The van der Waals surface area contributed by atoms with Gasteiger partial charge in [-0.05, 0) is 36.4 Å². The Labute approximate surface area is 177 Å². The maximum absolute atomic E-state index is 6.05. The summed E-state index contributed by atoms with van der Waals surface area (Å²) in [5.74, 6) is 1.56.